The molecule has 0 aliphatic carbocycles. The van der Waals surface area contributed by atoms with Gasteiger partial charge in [0.1, 0.15) is 30.9 Å². The first-order valence-electron chi connectivity index (χ1n) is 19.8. The lowest BCUT2D eigenvalue weighted by atomic mass is 10.0. The number of esters is 1. The zero-order chi connectivity index (χ0) is 44.3. The molecule has 8 atom stereocenters. The molecule has 1 amide bonds. The largest absolute Gasteiger partial charge is 0.453 e. The second-order valence-corrected chi connectivity index (χ2v) is 17.2. The fourth-order valence-corrected chi connectivity index (χ4v) is 9.17. The molecule has 2 aliphatic heterocycles. The van der Waals surface area contributed by atoms with Crippen molar-refractivity contribution in [3.63, 3.8) is 0 Å². The van der Waals surface area contributed by atoms with Crippen molar-refractivity contribution < 1.29 is 52.0 Å². The Bertz CT molecular complexity index is 2490. The summed E-state index contributed by atoms with van der Waals surface area (Å²) < 4.78 is 44.8. The Kier molecular flexibility index (Phi) is 15.1. The van der Waals surface area contributed by atoms with Crippen molar-refractivity contribution in [2.45, 2.75) is 62.7 Å². The third kappa shape index (κ3) is 10.9. The number of fused-ring (bicyclic) bond motifs is 1. The van der Waals surface area contributed by atoms with E-state index >= 15 is 0 Å². The van der Waals surface area contributed by atoms with E-state index in [1.54, 1.807) is 71.4 Å². The summed E-state index contributed by atoms with van der Waals surface area (Å²) in [6.45, 7) is -3.27. The highest BCUT2D eigenvalue weighted by Crippen LogP contribution is 2.53. The van der Waals surface area contributed by atoms with Gasteiger partial charge in [0.2, 0.25) is 0 Å². The number of anilines is 1. The Balaban J connectivity index is 1.13. The Morgan fingerprint density at radius 1 is 0.937 bits per heavy atom. The van der Waals surface area contributed by atoms with Gasteiger partial charge in [-0.2, -0.15) is 5.26 Å². The van der Waals surface area contributed by atoms with Crippen LogP contribution in [0.3, 0.4) is 0 Å². The number of aliphatic hydroxyl groups excluding tert-OH is 1. The van der Waals surface area contributed by atoms with Crippen LogP contribution in [0.1, 0.15) is 52.3 Å². The number of carbonyl (C=O) groups excluding carboxylic acids is 3. The van der Waals surface area contributed by atoms with Gasteiger partial charge in [-0.25, -0.2) is 19.7 Å². The molecular formula is C43H44N7O11PS. The first-order valence-corrected chi connectivity index (χ1v) is 22.4. The van der Waals surface area contributed by atoms with E-state index in [1.807, 2.05) is 36.4 Å². The van der Waals surface area contributed by atoms with Gasteiger partial charge >= 0.3 is 12.7 Å². The van der Waals surface area contributed by atoms with E-state index in [-0.39, 0.29) is 54.4 Å². The summed E-state index contributed by atoms with van der Waals surface area (Å²) in [5.41, 5.74) is 2.36. The number of Topliss-reactive ketones (excluding diaryl/α,β-unsaturated/α-hetero) is 1. The molecule has 0 saturated carbocycles. The van der Waals surface area contributed by atoms with E-state index in [4.69, 9.17) is 44.3 Å². The van der Waals surface area contributed by atoms with Gasteiger partial charge in [-0.1, -0.05) is 66.7 Å². The Morgan fingerprint density at radius 2 is 1.62 bits per heavy atom. The molecule has 3 aromatic carbocycles. The van der Waals surface area contributed by atoms with E-state index in [1.165, 1.54) is 26.7 Å². The fourth-order valence-electron chi connectivity index (χ4n) is 7.03. The van der Waals surface area contributed by atoms with Gasteiger partial charge in [-0.05, 0) is 48.6 Å². The van der Waals surface area contributed by atoms with Crippen molar-refractivity contribution in [1.29, 1.82) is 5.26 Å². The van der Waals surface area contributed by atoms with Crippen LogP contribution in [0.4, 0.5) is 5.82 Å². The average Bonchev–Trinajstić information content (AvgIpc) is 4.01. The number of methoxy groups -OCH3 is 1. The zero-order valence-electron chi connectivity index (χ0n) is 34.1. The maximum Gasteiger partial charge on any atom is 0.338 e. The minimum absolute atomic E-state index is 0.0353. The normalized spacial score (nSPS) is 23.1. The molecule has 0 spiro atoms. The minimum atomic E-state index is -3.79. The molecule has 4 heterocycles. The molecule has 2 aliphatic rings. The molecule has 0 bridgehead atoms. The number of aromatic nitrogens is 4. The maximum atomic E-state index is 13.6. The SMILES string of the molecule is COC1C(OC(=O)c2ccccc2)[C@@H](COP(=S)(OCCC#N)OC2C[C@H](N/C=C(\C(C)=O)c3ccccc3)O[C@@H]2CO)O[C@H]1n1cnc2c(NC(=O)c3ccccc3)ncnc21. The molecule has 3 N–H and O–H groups in total. The number of nitriles is 1. The Morgan fingerprint density at radius 3 is 2.27 bits per heavy atom. The zero-order valence-corrected chi connectivity index (χ0v) is 35.8. The molecule has 7 rings (SSSR count). The van der Waals surface area contributed by atoms with Gasteiger partial charge in [-0.15, -0.1) is 0 Å². The first-order chi connectivity index (χ1) is 30.6. The standard InChI is InChI=1S/C43H44N7O11PS/c1-27(52)31(28-13-6-3-7-14-28)22-45-35-21-32(33(23-51)58-35)61-62(63,56-20-12-19-44)57-24-34-37(60-43(54)30-17-10-5-11-18-30)38(55-2)42(59-34)50-26-48-36-39(46-25-47-40(36)50)49-41(53)29-15-8-4-9-16-29/h3-11,13-18,22,25-26,32-35,37-38,42,45,51H,12,20-21,23-24H2,1-2H3,(H,46,47,49,53)/b31-22+/t32?,33-,34-,35-,37?,38?,42-,62?/m1/s1. The highest BCUT2D eigenvalue weighted by Gasteiger charge is 2.50. The molecule has 2 aromatic heterocycles. The van der Waals surface area contributed by atoms with Crippen molar-refractivity contribution in [3.05, 3.63) is 127 Å². The second-order valence-electron chi connectivity index (χ2n) is 14.2. The third-order valence-corrected chi connectivity index (χ3v) is 12.5. The number of amides is 1. The molecule has 5 aromatic rings. The van der Waals surface area contributed by atoms with Gasteiger partial charge in [0.15, 0.2) is 35.1 Å². The van der Waals surface area contributed by atoms with Crippen LogP contribution in [-0.2, 0) is 49.1 Å². The summed E-state index contributed by atoms with van der Waals surface area (Å²) in [6, 6.07) is 28.1. The van der Waals surface area contributed by atoms with Crippen LogP contribution >= 0.6 is 6.72 Å². The van der Waals surface area contributed by atoms with Crippen LogP contribution in [0.25, 0.3) is 16.7 Å². The summed E-state index contributed by atoms with van der Waals surface area (Å²) >= 11 is 5.91. The van der Waals surface area contributed by atoms with Crippen LogP contribution in [0.5, 0.6) is 0 Å². The highest BCUT2D eigenvalue weighted by molar-refractivity contribution is 8.07. The lowest BCUT2D eigenvalue weighted by Gasteiger charge is -2.28. The maximum absolute atomic E-state index is 13.6. The van der Waals surface area contributed by atoms with Gasteiger partial charge in [-0.3, -0.25) is 14.2 Å². The summed E-state index contributed by atoms with van der Waals surface area (Å²) in [5, 5.41) is 25.5. The van der Waals surface area contributed by atoms with Crippen LogP contribution in [0.15, 0.2) is 110 Å². The van der Waals surface area contributed by atoms with Gasteiger partial charge < -0.3 is 48.3 Å². The molecule has 328 valence electrons. The van der Waals surface area contributed by atoms with Crippen LogP contribution in [0, 0.1) is 11.3 Å². The monoisotopic (exact) mass is 897 g/mol. The van der Waals surface area contributed by atoms with Crippen molar-refractivity contribution in [2.24, 2.45) is 0 Å². The number of carbonyl (C=O) groups is 3. The summed E-state index contributed by atoms with van der Waals surface area (Å²) in [5.74, 6) is -1.08. The summed E-state index contributed by atoms with van der Waals surface area (Å²) in [7, 11) is 1.43. The quantitative estimate of drug-likeness (QED) is 0.0424. The van der Waals surface area contributed by atoms with Crippen LogP contribution < -0.4 is 10.6 Å². The molecule has 63 heavy (non-hydrogen) atoms. The van der Waals surface area contributed by atoms with E-state index in [2.05, 4.69) is 25.6 Å². The molecule has 4 unspecified atom stereocenters. The lowest BCUT2D eigenvalue weighted by Crippen LogP contribution is -2.39. The second kappa shape index (κ2) is 21.1. The van der Waals surface area contributed by atoms with E-state index < -0.39 is 68.2 Å². The molecular weight excluding hydrogens is 854 g/mol. The number of ketones is 1. The van der Waals surface area contributed by atoms with Crippen molar-refractivity contribution in [3.8, 4) is 6.07 Å². The van der Waals surface area contributed by atoms with E-state index in [0.717, 1.165) is 0 Å². The molecule has 2 fully saturated rings. The predicted octanol–water partition coefficient (Wildman–Crippen LogP) is 5.10. The Labute approximate surface area is 367 Å². The number of nitrogens with zero attached hydrogens (tertiary/aromatic N) is 5. The van der Waals surface area contributed by atoms with Gasteiger partial charge in [0, 0.05) is 30.9 Å². The van der Waals surface area contributed by atoms with E-state index in [0.29, 0.717) is 16.7 Å². The lowest BCUT2D eigenvalue weighted by molar-refractivity contribution is -0.111. The summed E-state index contributed by atoms with van der Waals surface area (Å²) in [4.78, 5) is 52.3. The van der Waals surface area contributed by atoms with Gasteiger partial charge in [0.05, 0.1) is 50.3 Å². The number of allylic oxidation sites excluding steroid dienone is 1. The number of aliphatic hydroxyl groups is 1. The number of nitrogens with one attached hydrogen (secondary N) is 2. The number of imidazole rings is 1. The topological polar surface area (TPSA) is 228 Å². The smallest absolute Gasteiger partial charge is 0.338 e. The molecule has 0 radical (unpaired) electrons. The third-order valence-electron chi connectivity index (χ3n) is 10.1. The summed E-state index contributed by atoms with van der Waals surface area (Å²) in [6.07, 6.45) is -2.20. The number of hydrogen-bond donors (Lipinski definition) is 3. The highest BCUT2D eigenvalue weighted by atomic mass is 32.5. The van der Waals surface area contributed by atoms with E-state index in [9.17, 15) is 24.8 Å². The number of rotatable bonds is 19. The minimum Gasteiger partial charge on any atom is -0.453 e. The number of benzene rings is 3. The van der Waals surface area contributed by atoms with Crippen molar-refractivity contribution in [1.82, 2.24) is 24.8 Å². The van der Waals surface area contributed by atoms with Crippen molar-refractivity contribution >= 4 is 58.7 Å². The molecule has 18 nitrogen and oxygen atoms in total. The average molecular weight is 898 g/mol. The fraction of sp³-hybridized carbons (Fsp3) is 0.326. The molecule has 2 saturated heterocycles. The predicted molar refractivity (Wildman–Crippen MR) is 230 cm³/mol. The molecule has 20 heteroatoms. The van der Waals surface area contributed by atoms with Crippen LogP contribution in [0.2, 0.25) is 0 Å². The first kappa shape index (κ1) is 45.3. The number of hydrogen-bond acceptors (Lipinski definition) is 17. The van der Waals surface area contributed by atoms with Crippen molar-refractivity contribution in [2.75, 3.05) is 32.2 Å². The van der Waals surface area contributed by atoms with Crippen LogP contribution in [-0.4, -0.2) is 106 Å². The Hall–Kier alpha value is -5.78. The number of ether oxygens (including phenoxy) is 4. The van der Waals surface area contributed by atoms with Gasteiger partial charge in [0.25, 0.3) is 5.91 Å².